The number of furan rings is 1. The van der Waals surface area contributed by atoms with Crippen LogP contribution in [-0.4, -0.2) is 53.2 Å². The average molecular weight is 481 g/mol. The average Bonchev–Trinajstić information content (AvgIpc) is 3.47. The van der Waals surface area contributed by atoms with Gasteiger partial charge in [0.1, 0.15) is 18.1 Å². The third-order valence-corrected chi connectivity index (χ3v) is 5.92. The van der Waals surface area contributed by atoms with Crippen molar-refractivity contribution in [1.29, 1.82) is 0 Å². The number of ether oxygens (including phenoxy) is 2. The second-order valence-corrected chi connectivity index (χ2v) is 8.43. The van der Waals surface area contributed by atoms with Crippen LogP contribution in [0.5, 0.6) is 5.75 Å². The summed E-state index contributed by atoms with van der Waals surface area (Å²) >= 11 is 5.99. The van der Waals surface area contributed by atoms with Crippen molar-refractivity contribution in [3.63, 3.8) is 0 Å². The Balaban J connectivity index is 1.27. The van der Waals surface area contributed by atoms with Gasteiger partial charge in [-0.2, -0.15) is 0 Å². The fourth-order valence-corrected chi connectivity index (χ4v) is 4.10. The number of hydrogen-bond donors (Lipinski definition) is 1. The highest BCUT2D eigenvalue weighted by Gasteiger charge is 2.18. The maximum Gasteiger partial charge on any atom is 0.293 e. The first-order valence-corrected chi connectivity index (χ1v) is 11.6. The summed E-state index contributed by atoms with van der Waals surface area (Å²) in [5.74, 6) is 1.48. The summed E-state index contributed by atoms with van der Waals surface area (Å²) in [6.07, 6.45) is 0. The van der Waals surface area contributed by atoms with E-state index in [0.29, 0.717) is 29.0 Å². The molecule has 0 saturated carbocycles. The zero-order valence-corrected chi connectivity index (χ0v) is 19.3. The van der Waals surface area contributed by atoms with Crippen molar-refractivity contribution in [2.45, 2.75) is 13.2 Å². The molecule has 1 aliphatic heterocycles. The Hall–Kier alpha value is -3.33. The largest absolute Gasteiger partial charge is 0.486 e. The maximum absolute atomic E-state index is 12.9. The van der Waals surface area contributed by atoms with Crippen molar-refractivity contribution in [3.8, 4) is 5.75 Å². The topological polar surface area (TPSA) is 81.8 Å². The van der Waals surface area contributed by atoms with Gasteiger partial charge in [0.25, 0.3) is 5.91 Å². The van der Waals surface area contributed by atoms with Gasteiger partial charge in [-0.25, -0.2) is 4.98 Å². The van der Waals surface area contributed by atoms with Gasteiger partial charge in [0.15, 0.2) is 5.76 Å². The van der Waals surface area contributed by atoms with Crippen molar-refractivity contribution in [3.05, 3.63) is 77.2 Å². The Morgan fingerprint density at radius 2 is 1.91 bits per heavy atom. The highest BCUT2D eigenvalue weighted by Crippen LogP contribution is 2.22. The lowest BCUT2D eigenvalue weighted by molar-refractivity contribution is 0.0366. The van der Waals surface area contributed by atoms with Crippen LogP contribution in [0, 0.1) is 0 Å². The molecule has 176 valence electrons. The zero-order chi connectivity index (χ0) is 23.3. The maximum atomic E-state index is 12.9. The first-order chi connectivity index (χ1) is 16.7. The molecule has 0 spiro atoms. The van der Waals surface area contributed by atoms with Crippen LogP contribution in [0.4, 0.5) is 5.95 Å². The molecule has 0 atom stereocenters. The summed E-state index contributed by atoms with van der Waals surface area (Å²) in [4.78, 5) is 19.9. The highest BCUT2D eigenvalue weighted by molar-refractivity contribution is 6.30. The molecule has 1 amide bonds. The van der Waals surface area contributed by atoms with Crippen molar-refractivity contribution < 1.29 is 18.7 Å². The molecular weight excluding hydrogens is 456 g/mol. The second-order valence-electron chi connectivity index (χ2n) is 8.00. The number of hydrogen-bond acceptors (Lipinski definition) is 6. The van der Waals surface area contributed by atoms with E-state index in [0.717, 1.165) is 43.9 Å². The van der Waals surface area contributed by atoms with Gasteiger partial charge >= 0.3 is 0 Å². The molecule has 2 aromatic carbocycles. The lowest BCUT2D eigenvalue weighted by Gasteiger charge is -2.26. The van der Waals surface area contributed by atoms with E-state index in [9.17, 15) is 4.79 Å². The molecule has 0 unspecified atom stereocenters. The van der Waals surface area contributed by atoms with Crippen molar-refractivity contribution in [1.82, 2.24) is 14.5 Å². The SMILES string of the molecule is O=C(Nc1nc2ccccc2n1CCN1CCOCC1)c1ccc(COc2cccc(Cl)c2)o1. The van der Waals surface area contributed by atoms with Crippen LogP contribution in [0.2, 0.25) is 5.02 Å². The van der Waals surface area contributed by atoms with Crippen molar-refractivity contribution in [2.24, 2.45) is 0 Å². The second kappa shape index (κ2) is 10.3. The van der Waals surface area contributed by atoms with E-state index in [2.05, 4.69) is 15.2 Å². The van der Waals surface area contributed by atoms with E-state index in [1.54, 1.807) is 24.3 Å². The van der Waals surface area contributed by atoms with Crippen LogP contribution in [0.15, 0.2) is 65.1 Å². The number of carbonyl (C=O) groups is 1. The number of nitrogens with zero attached hydrogens (tertiary/aromatic N) is 3. The minimum absolute atomic E-state index is 0.186. The number of amides is 1. The van der Waals surface area contributed by atoms with Gasteiger partial charge in [0, 0.05) is 31.2 Å². The van der Waals surface area contributed by atoms with E-state index in [1.165, 1.54) is 0 Å². The molecule has 0 bridgehead atoms. The normalized spacial score (nSPS) is 14.4. The van der Waals surface area contributed by atoms with Crippen LogP contribution in [0.25, 0.3) is 11.0 Å². The highest BCUT2D eigenvalue weighted by atomic mass is 35.5. The molecule has 4 aromatic rings. The number of halogens is 1. The minimum Gasteiger partial charge on any atom is -0.486 e. The summed E-state index contributed by atoms with van der Waals surface area (Å²) < 4.78 is 18.9. The number of morpholine rings is 1. The van der Waals surface area contributed by atoms with E-state index < -0.39 is 0 Å². The van der Waals surface area contributed by atoms with E-state index >= 15 is 0 Å². The molecule has 9 heteroatoms. The summed E-state index contributed by atoms with van der Waals surface area (Å²) in [5, 5.41) is 3.51. The van der Waals surface area contributed by atoms with Crippen LogP contribution in [0.1, 0.15) is 16.3 Å². The smallest absolute Gasteiger partial charge is 0.293 e. The predicted octanol–water partition coefficient (Wildman–Crippen LogP) is 4.45. The molecule has 1 N–H and O–H groups in total. The molecule has 8 nitrogen and oxygen atoms in total. The van der Waals surface area contributed by atoms with E-state index in [4.69, 9.17) is 25.5 Å². The molecule has 3 heterocycles. The lowest BCUT2D eigenvalue weighted by atomic mass is 10.3. The van der Waals surface area contributed by atoms with Gasteiger partial charge in [-0.3, -0.25) is 15.0 Å². The Bertz CT molecular complexity index is 1280. The third kappa shape index (κ3) is 5.25. The number of anilines is 1. The van der Waals surface area contributed by atoms with Gasteiger partial charge in [-0.1, -0.05) is 29.8 Å². The number of fused-ring (bicyclic) bond motifs is 1. The molecule has 34 heavy (non-hydrogen) atoms. The number of para-hydroxylation sites is 2. The van der Waals surface area contributed by atoms with Crippen LogP contribution < -0.4 is 10.1 Å². The van der Waals surface area contributed by atoms with Gasteiger partial charge < -0.3 is 18.5 Å². The van der Waals surface area contributed by atoms with Gasteiger partial charge in [-0.15, -0.1) is 0 Å². The van der Waals surface area contributed by atoms with E-state index in [1.807, 2.05) is 41.0 Å². The predicted molar refractivity (Wildman–Crippen MR) is 129 cm³/mol. The van der Waals surface area contributed by atoms with Crippen molar-refractivity contribution >= 4 is 34.5 Å². The number of benzene rings is 2. The summed E-state index contributed by atoms with van der Waals surface area (Å²) in [5.41, 5.74) is 1.80. The Labute approximate surface area is 202 Å². The fraction of sp³-hybridized carbons (Fsp3) is 0.280. The zero-order valence-electron chi connectivity index (χ0n) is 18.6. The molecule has 5 rings (SSSR count). The molecule has 1 saturated heterocycles. The fourth-order valence-electron chi connectivity index (χ4n) is 3.92. The minimum atomic E-state index is -0.364. The lowest BCUT2D eigenvalue weighted by Crippen LogP contribution is -2.38. The van der Waals surface area contributed by atoms with Crippen molar-refractivity contribution in [2.75, 3.05) is 38.2 Å². The molecular formula is C25H25ClN4O4. The first kappa shape index (κ1) is 22.5. The Kier molecular flexibility index (Phi) is 6.80. The third-order valence-electron chi connectivity index (χ3n) is 5.69. The monoisotopic (exact) mass is 480 g/mol. The molecule has 1 aliphatic rings. The summed E-state index contributed by atoms with van der Waals surface area (Å²) in [7, 11) is 0. The molecule has 1 fully saturated rings. The summed E-state index contributed by atoms with van der Waals surface area (Å²) in [6, 6.07) is 18.3. The first-order valence-electron chi connectivity index (χ1n) is 11.2. The number of imidazole rings is 1. The molecule has 0 radical (unpaired) electrons. The molecule has 0 aliphatic carbocycles. The van der Waals surface area contributed by atoms with Crippen LogP contribution >= 0.6 is 11.6 Å². The van der Waals surface area contributed by atoms with Crippen LogP contribution in [0.3, 0.4) is 0 Å². The number of carbonyl (C=O) groups excluding carboxylic acids is 1. The number of aromatic nitrogens is 2. The van der Waals surface area contributed by atoms with Gasteiger partial charge in [0.05, 0.1) is 24.2 Å². The molecule has 2 aromatic heterocycles. The van der Waals surface area contributed by atoms with E-state index in [-0.39, 0.29) is 18.3 Å². The Morgan fingerprint density at radius 3 is 2.76 bits per heavy atom. The number of nitrogens with one attached hydrogen (secondary N) is 1. The van der Waals surface area contributed by atoms with Gasteiger partial charge in [-0.05, 0) is 42.5 Å². The number of rotatable bonds is 8. The Morgan fingerprint density at radius 1 is 1.06 bits per heavy atom. The van der Waals surface area contributed by atoms with Gasteiger partial charge in [0.2, 0.25) is 5.95 Å². The van der Waals surface area contributed by atoms with Crippen LogP contribution in [-0.2, 0) is 17.9 Å². The summed E-state index contributed by atoms with van der Waals surface area (Å²) in [6.45, 7) is 5.03. The quantitative estimate of drug-likeness (QED) is 0.401. The standard InChI is InChI=1S/C25H25ClN4O4/c26-18-4-3-5-19(16-18)33-17-20-8-9-23(34-20)24(31)28-25-27-21-6-1-2-7-22(21)30(25)11-10-29-12-14-32-15-13-29/h1-9,16H,10-15,17H2,(H,27,28,31).